The van der Waals surface area contributed by atoms with Crippen molar-refractivity contribution in [2.45, 2.75) is 19.5 Å². The predicted octanol–water partition coefficient (Wildman–Crippen LogP) is 4.64. The molecule has 0 aliphatic rings. The number of halogens is 2. The summed E-state index contributed by atoms with van der Waals surface area (Å²) in [7, 11) is 3.99. The second-order valence-corrected chi connectivity index (χ2v) is 8.45. The quantitative estimate of drug-likeness (QED) is 0.586. The maximum atomic E-state index is 12.8. The van der Waals surface area contributed by atoms with Crippen LogP contribution < -0.4 is 5.32 Å². The standard InChI is InChI=1S/C20H22Cl2N4OS/c1-13-18(19(22)26(24-13)12-14-7-4-5-8-15(14)21)20(27)23-11-16(25(2)3)17-9-6-10-28-17/h4-10,16H,11-12H2,1-3H3,(H,23,27). The Morgan fingerprint density at radius 1 is 1.25 bits per heavy atom. The van der Waals surface area contributed by atoms with E-state index >= 15 is 0 Å². The van der Waals surface area contributed by atoms with Gasteiger partial charge in [-0.25, -0.2) is 4.68 Å². The van der Waals surface area contributed by atoms with Crippen LogP contribution in [0.1, 0.15) is 32.5 Å². The van der Waals surface area contributed by atoms with E-state index in [0.717, 1.165) is 5.56 Å². The molecule has 0 fully saturated rings. The lowest BCUT2D eigenvalue weighted by Crippen LogP contribution is -2.34. The van der Waals surface area contributed by atoms with E-state index < -0.39 is 0 Å². The number of aryl methyl sites for hydroxylation is 1. The molecule has 8 heteroatoms. The first-order chi connectivity index (χ1) is 13.4. The zero-order valence-electron chi connectivity index (χ0n) is 15.9. The molecule has 0 bridgehead atoms. The van der Waals surface area contributed by atoms with Crippen molar-refractivity contribution in [3.63, 3.8) is 0 Å². The fourth-order valence-electron chi connectivity index (χ4n) is 3.00. The van der Waals surface area contributed by atoms with Crippen molar-refractivity contribution in [1.82, 2.24) is 20.0 Å². The third kappa shape index (κ3) is 4.58. The first-order valence-corrected chi connectivity index (χ1v) is 10.5. The van der Waals surface area contributed by atoms with Gasteiger partial charge >= 0.3 is 0 Å². The van der Waals surface area contributed by atoms with Gasteiger partial charge in [0.15, 0.2) is 0 Å². The van der Waals surface area contributed by atoms with E-state index in [1.54, 1.807) is 22.9 Å². The lowest BCUT2D eigenvalue weighted by Gasteiger charge is -2.23. The van der Waals surface area contributed by atoms with Crippen molar-refractivity contribution in [2.24, 2.45) is 0 Å². The highest BCUT2D eigenvalue weighted by molar-refractivity contribution is 7.10. The molecule has 2 aromatic heterocycles. The van der Waals surface area contributed by atoms with Crippen molar-refractivity contribution < 1.29 is 4.79 Å². The van der Waals surface area contributed by atoms with E-state index in [0.29, 0.717) is 34.5 Å². The molecule has 0 spiro atoms. The van der Waals surface area contributed by atoms with E-state index in [4.69, 9.17) is 23.2 Å². The lowest BCUT2D eigenvalue weighted by molar-refractivity contribution is 0.0941. The summed E-state index contributed by atoms with van der Waals surface area (Å²) in [4.78, 5) is 16.1. The molecule has 148 valence electrons. The molecule has 0 aliphatic heterocycles. The van der Waals surface area contributed by atoms with Crippen LogP contribution in [0, 0.1) is 6.92 Å². The summed E-state index contributed by atoms with van der Waals surface area (Å²) < 4.78 is 1.61. The summed E-state index contributed by atoms with van der Waals surface area (Å²) >= 11 is 14.4. The van der Waals surface area contributed by atoms with Crippen molar-refractivity contribution in [1.29, 1.82) is 0 Å². The Hall–Kier alpha value is -1.86. The highest BCUT2D eigenvalue weighted by atomic mass is 35.5. The molecule has 5 nitrogen and oxygen atoms in total. The maximum Gasteiger partial charge on any atom is 0.256 e. The molecule has 1 unspecified atom stereocenters. The van der Waals surface area contributed by atoms with E-state index in [1.807, 2.05) is 49.8 Å². The Labute approximate surface area is 178 Å². The molecule has 1 aromatic carbocycles. The fourth-order valence-corrected chi connectivity index (χ4v) is 4.44. The smallest absolute Gasteiger partial charge is 0.256 e. The van der Waals surface area contributed by atoms with Crippen LogP contribution in [0.3, 0.4) is 0 Å². The van der Waals surface area contributed by atoms with Crippen LogP contribution in [-0.2, 0) is 6.54 Å². The molecule has 1 amide bonds. The molecule has 3 rings (SSSR count). The van der Waals surface area contributed by atoms with Crippen LogP contribution >= 0.6 is 34.5 Å². The van der Waals surface area contributed by atoms with Gasteiger partial charge in [-0.05, 0) is 44.1 Å². The van der Waals surface area contributed by atoms with Crippen LogP contribution in [0.2, 0.25) is 10.2 Å². The number of likely N-dealkylation sites (N-methyl/N-ethyl adjacent to an activating group) is 1. The first-order valence-electron chi connectivity index (χ1n) is 8.82. The monoisotopic (exact) mass is 436 g/mol. The molecule has 1 N–H and O–H groups in total. The normalized spacial score (nSPS) is 12.4. The Kier molecular flexibility index (Phi) is 6.78. The fraction of sp³-hybridized carbons (Fsp3) is 0.300. The third-order valence-electron chi connectivity index (χ3n) is 4.52. The molecule has 1 atom stereocenters. The second kappa shape index (κ2) is 9.09. The molecule has 3 aromatic rings. The molecule has 0 aliphatic carbocycles. The molecule has 0 radical (unpaired) electrons. The third-order valence-corrected chi connectivity index (χ3v) is 6.25. The number of rotatable bonds is 7. The minimum atomic E-state index is -0.226. The summed E-state index contributed by atoms with van der Waals surface area (Å²) in [6.07, 6.45) is 0. The Bertz CT molecular complexity index is 953. The molecule has 2 heterocycles. The van der Waals surface area contributed by atoms with E-state index in [2.05, 4.69) is 21.4 Å². The summed E-state index contributed by atoms with van der Waals surface area (Å²) in [6, 6.07) is 11.7. The van der Waals surface area contributed by atoms with Crippen molar-refractivity contribution in [3.8, 4) is 0 Å². The Balaban J connectivity index is 1.75. The molecule has 0 saturated heterocycles. The highest BCUT2D eigenvalue weighted by Gasteiger charge is 2.23. The first kappa shape index (κ1) is 20.9. The van der Waals surface area contributed by atoms with Crippen molar-refractivity contribution in [2.75, 3.05) is 20.6 Å². The number of carbonyl (C=O) groups excluding carboxylic acids is 1. The van der Waals surface area contributed by atoms with Gasteiger partial charge in [0.25, 0.3) is 5.91 Å². The average Bonchev–Trinajstić information content (AvgIpc) is 3.25. The van der Waals surface area contributed by atoms with Gasteiger partial charge < -0.3 is 10.2 Å². The Morgan fingerprint density at radius 2 is 2.00 bits per heavy atom. The summed E-state index contributed by atoms with van der Waals surface area (Å²) in [5, 5.41) is 10.4. The van der Waals surface area contributed by atoms with Crippen molar-refractivity contribution >= 4 is 40.4 Å². The van der Waals surface area contributed by atoms with Gasteiger partial charge in [-0.15, -0.1) is 11.3 Å². The van der Waals surface area contributed by atoms with E-state index in [-0.39, 0.29) is 11.9 Å². The molecular weight excluding hydrogens is 415 g/mol. The minimum absolute atomic E-state index is 0.0983. The predicted molar refractivity (Wildman–Crippen MR) is 116 cm³/mol. The molecular formula is C20H22Cl2N4OS. The largest absolute Gasteiger partial charge is 0.350 e. The Morgan fingerprint density at radius 3 is 2.64 bits per heavy atom. The lowest BCUT2D eigenvalue weighted by atomic mass is 10.2. The van der Waals surface area contributed by atoms with Gasteiger partial charge in [0.1, 0.15) is 5.15 Å². The minimum Gasteiger partial charge on any atom is -0.350 e. The SMILES string of the molecule is Cc1nn(Cc2ccccc2Cl)c(Cl)c1C(=O)NCC(c1cccs1)N(C)C. The number of aromatic nitrogens is 2. The van der Waals surface area contributed by atoms with Gasteiger partial charge in [0.2, 0.25) is 0 Å². The number of carbonyl (C=O) groups is 1. The second-order valence-electron chi connectivity index (χ2n) is 6.71. The number of nitrogens with one attached hydrogen (secondary N) is 1. The van der Waals surface area contributed by atoms with Crippen LogP contribution in [-0.4, -0.2) is 41.2 Å². The van der Waals surface area contributed by atoms with Gasteiger partial charge in [0, 0.05) is 16.4 Å². The zero-order chi connectivity index (χ0) is 20.3. The van der Waals surface area contributed by atoms with E-state index in [1.165, 1.54) is 4.88 Å². The van der Waals surface area contributed by atoms with Crippen LogP contribution in [0.25, 0.3) is 0 Å². The topological polar surface area (TPSA) is 50.2 Å². The number of hydrogen-bond donors (Lipinski definition) is 1. The number of benzene rings is 1. The van der Waals surface area contributed by atoms with Crippen LogP contribution in [0.15, 0.2) is 41.8 Å². The maximum absolute atomic E-state index is 12.8. The average molecular weight is 437 g/mol. The van der Waals surface area contributed by atoms with Gasteiger partial charge in [-0.3, -0.25) is 4.79 Å². The van der Waals surface area contributed by atoms with Crippen molar-refractivity contribution in [3.05, 3.63) is 73.7 Å². The zero-order valence-corrected chi connectivity index (χ0v) is 18.3. The number of nitrogens with zero attached hydrogens (tertiary/aromatic N) is 3. The number of thiophene rings is 1. The van der Waals surface area contributed by atoms with E-state index in [9.17, 15) is 4.79 Å². The van der Waals surface area contributed by atoms with Gasteiger partial charge in [-0.1, -0.05) is 47.5 Å². The van der Waals surface area contributed by atoms with Crippen LogP contribution in [0.5, 0.6) is 0 Å². The highest BCUT2D eigenvalue weighted by Crippen LogP contribution is 2.25. The molecule has 28 heavy (non-hydrogen) atoms. The summed E-state index contributed by atoms with van der Waals surface area (Å²) in [5.41, 5.74) is 1.88. The van der Waals surface area contributed by atoms with Crippen LogP contribution in [0.4, 0.5) is 0 Å². The summed E-state index contributed by atoms with van der Waals surface area (Å²) in [6.45, 7) is 2.67. The molecule has 0 saturated carbocycles. The van der Waals surface area contributed by atoms with Gasteiger partial charge in [0.05, 0.1) is 23.8 Å². The summed E-state index contributed by atoms with van der Waals surface area (Å²) in [5.74, 6) is -0.226. The number of hydrogen-bond acceptors (Lipinski definition) is 4. The van der Waals surface area contributed by atoms with Gasteiger partial charge in [-0.2, -0.15) is 5.10 Å². The number of amides is 1.